The van der Waals surface area contributed by atoms with Crippen molar-refractivity contribution in [2.75, 3.05) is 11.9 Å². The zero-order valence-electron chi connectivity index (χ0n) is 18.2. The lowest BCUT2D eigenvalue weighted by Crippen LogP contribution is -2.12. The average Bonchev–Trinajstić information content (AvgIpc) is 3.25. The molecule has 0 saturated heterocycles. The number of hydrogen-bond acceptors (Lipinski definition) is 4. The van der Waals surface area contributed by atoms with E-state index in [1.54, 1.807) is 12.1 Å². The number of carbonyl (C=O) groups is 1. The summed E-state index contributed by atoms with van der Waals surface area (Å²) in [6.07, 6.45) is 2.98. The minimum atomic E-state index is -0.184. The summed E-state index contributed by atoms with van der Waals surface area (Å²) in [6.45, 7) is 4.87. The quantitative estimate of drug-likeness (QED) is 0.263. The molecule has 0 fully saturated rings. The number of unbranched alkanes of at least 4 members (excludes halogenated alkanes) is 1. The Morgan fingerprint density at radius 3 is 2.66 bits per heavy atom. The van der Waals surface area contributed by atoms with Crippen LogP contribution in [0.2, 0.25) is 0 Å². The largest absolute Gasteiger partial charge is 0.494 e. The van der Waals surface area contributed by atoms with Crippen LogP contribution in [0, 0.1) is 0 Å². The summed E-state index contributed by atoms with van der Waals surface area (Å²) >= 11 is 3.57. The molecule has 0 saturated carbocycles. The molecule has 0 unspecified atom stereocenters. The molecule has 32 heavy (non-hydrogen) atoms. The molecule has 4 rings (SSSR count). The Bertz CT molecular complexity index is 1230. The highest BCUT2D eigenvalue weighted by Gasteiger charge is 2.13. The van der Waals surface area contributed by atoms with E-state index in [0.29, 0.717) is 29.5 Å². The molecule has 0 aliphatic carbocycles. The van der Waals surface area contributed by atoms with Crippen molar-refractivity contribution in [3.8, 4) is 17.2 Å². The fourth-order valence-corrected chi connectivity index (χ4v) is 3.91. The number of nitrogens with zero attached hydrogens (tertiary/aromatic N) is 1. The molecule has 1 N–H and O–H groups in total. The second kappa shape index (κ2) is 10.0. The number of fused-ring (bicyclic) bond motifs is 1. The van der Waals surface area contributed by atoms with Crippen molar-refractivity contribution in [3.63, 3.8) is 0 Å². The zero-order chi connectivity index (χ0) is 22.5. The highest BCUT2D eigenvalue weighted by molar-refractivity contribution is 9.10. The first-order valence-corrected chi connectivity index (χ1v) is 11.6. The number of halogens is 1. The Morgan fingerprint density at radius 2 is 1.91 bits per heavy atom. The Labute approximate surface area is 195 Å². The van der Waals surface area contributed by atoms with E-state index in [4.69, 9.17) is 9.15 Å². The normalized spacial score (nSPS) is 11.0. The van der Waals surface area contributed by atoms with Gasteiger partial charge in [0.1, 0.15) is 11.3 Å². The number of nitrogens with one attached hydrogen (secondary N) is 1. The fourth-order valence-electron chi connectivity index (χ4n) is 3.33. The van der Waals surface area contributed by atoms with E-state index in [1.807, 2.05) is 42.5 Å². The molecule has 0 atom stereocenters. The molecule has 0 radical (unpaired) electrons. The molecule has 3 aromatic carbocycles. The number of anilines is 1. The summed E-state index contributed by atoms with van der Waals surface area (Å²) in [7, 11) is 0. The second-order valence-corrected chi connectivity index (χ2v) is 8.41. The van der Waals surface area contributed by atoms with Crippen LogP contribution < -0.4 is 10.1 Å². The summed E-state index contributed by atoms with van der Waals surface area (Å²) in [5.74, 6) is 1.06. The third kappa shape index (κ3) is 5.02. The number of aromatic nitrogens is 1. The van der Waals surface area contributed by atoms with Gasteiger partial charge in [-0.1, -0.05) is 26.3 Å². The van der Waals surface area contributed by atoms with Crippen molar-refractivity contribution in [2.45, 2.75) is 33.1 Å². The average molecular weight is 493 g/mol. The summed E-state index contributed by atoms with van der Waals surface area (Å²) in [4.78, 5) is 17.3. The van der Waals surface area contributed by atoms with Gasteiger partial charge in [-0.15, -0.1) is 0 Å². The highest BCUT2D eigenvalue weighted by atomic mass is 79.9. The SMILES string of the molecule is CCCCOc1cccc(C(=O)Nc2ccc(-c3nc4cc(CC)cc(Br)c4o3)cc2)c1. The summed E-state index contributed by atoms with van der Waals surface area (Å²) in [5, 5.41) is 2.93. The maximum absolute atomic E-state index is 12.7. The lowest BCUT2D eigenvalue weighted by Gasteiger charge is -2.09. The van der Waals surface area contributed by atoms with Gasteiger partial charge in [0.15, 0.2) is 5.58 Å². The van der Waals surface area contributed by atoms with Crippen LogP contribution in [0.15, 0.2) is 69.6 Å². The molecule has 1 aromatic heterocycles. The van der Waals surface area contributed by atoms with Gasteiger partial charge in [0.05, 0.1) is 11.1 Å². The first-order chi connectivity index (χ1) is 15.6. The fraction of sp³-hybridized carbons (Fsp3) is 0.231. The van der Waals surface area contributed by atoms with Crippen LogP contribution in [0.3, 0.4) is 0 Å². The van der Waals surface area contributed by atoms with Gasteiger partial charge < -0.3 is 14.5 Å². The number of amides is 1. The molecular weight excluding hydrogens is 468 g/mol. The van der Waals surface area contributed by atoms with Gasteiger partial charge in [-0.2, -0.15) is 0 Å². The lowest BCUT2D eigenvalue weighted by molar-refractivity contribution is 0.102. The smallest absolute Gasteiger partial charge is 0.255 e. The molecule has 1 amide bonds. The van der Waals surface area contributed by atoms with Crippen LogP contribution in [0.5, 0.6) is 5.75 Å². The molecule has 1 heterocycles. The molecule has 5 nitrogen and oxygen atoms in total. The first-order valence-electron chi connectivity index (χ1n) is 10.8. The van der Waals surface area contributed by atoms with E-state index in [1.165, 1.54) is 5.56 Å². The Balaban J connectivity index is 1.47. The number of ether oxygens (including phenoxy) is 1. The van der Waals surface area contributed by atoms with Gasteiger partial charge in [0, 0.05) is 16.8 Å². The van der Waals surface area contributed by atoms with Crippen LogP contribution in [0.1, 0.15) is 42.6 Å². The maximum atomic E-state index is 12.7. The van der Waals surface area contributed by atoms with Crippen molar-refractivity contribution in [2.24, 2.45) is 0 Å². The maximum Gasteiger partial charge on any atom is 0.255 e. The van der Waals surface area contributed by atoms with Crippen LogP contribution in [0.25, 0.3) is 22.6 Å². The van der Waals surface area contributed by atoms with Gasteiger partial charge in [-0.05, 0) is 88.9 Å². The van der Waals surface area contributed by atoms with E-state index in [-0.39, 0.29) is 5.91 Å². The van der Waals surface area contributed by atoms with Gasteiger partial charge in [0.2, 0.25) is 5.89 Å². The summed E-state index contributed by atoms with van der Waals surface area (Å²) in [5.41, 5.74) is 4.85. The number of rotatable bonds is 8. The first kappa shape index (κ1) is 22.1. The van der Waals surface area contributed by atoms with Gasteiger partial charge in [-0.25, -0.2) is 4.98 Å². The van der Waals surface area contributed by atoms with Crippen molar-refractivity contribution >= 4 is 38.6 Å². The highest BCUT2D eigenvalue weighted by Crippen LogP contribution is 2.31. The second-order valence-electron chi connectivity index (χ2n) is 7.56. The number of carbonyl (C=O) groups excluding carboxylic acids is 1. The summed E-state index contributed by atoms with van der Waals surface area (Å²) < 4.78 is 12.6. The van der Waals surface area contributed by atoms with Crippen molar-refractivity contribution in [1.29, 1.82) is 0 Å². The van der Waals surface area contributed by atoms with Gasteiger partial charge >= 0.3 is 0 Å². The summed E-state index contributed by atoms with van der Waals surface area (Å²) in [6, 6.07) is 18.8. The lowest BCUT2D eigenvalue weighted by atomic mass is 10.1. The predicted octanol–water partition coefficient (Wildman–Crippen LogP) is 7.25. The van der Waals surface area contributed by atoms with Crippen LogP contribution in [-0.4, -0.2) is 17.5 Å². The minimum absolute atomic E-state index is 0.184. The third-order valence-electron chi connectivity index (χ3n) is 5.17. The minimum Gasteiger partial charge on any atom is -0.494 e. The van der Waals surface area contributed by atoms with Crippen molar-refractivity contribution < 1.29 is 13.9 Å². The molecule has 4 aromatic rings. The van der Waals surface area contributed by atoms with E-state index in [9.17, 15) is 4.79 Å². The third-order valence-corrected chi connectivity index (χ3v) is 5.75. The molecule has 0 aliphatic rings. The Kier molecular flexibility index (Phi) is 6.90. The molecule has 0 bridgehead atoms. The van der Waals surface area contributed by atoms with E-state index >= 15 is 0 Å². The van der Waals surface area contributed by atoms with E-state index in [2.05, 4.69) is 46.1 Å². The number of aryl methyl sites for hydroxylation is 1. The zero-order valence-corrected chi connectivity index (χ0v) is 19.7. The Hall–Kier alpha value is -3.12. The van der Waals surface area contributed by atoms with Crippen LogP contribution in [-0.2, 0) is 6.42 Å². The standard InChI is InChI=1S/C26H25BrN2O3/c1-3-5-13-31-21-8-6-7-19(16-21)25(30)28-20-11-9-18(10-12-20)26-29-23-15-17(4-2)14-22(27)24(23)32-26/h6-12,14-16H,3-5,13H2,1-2H3,(H,28,30). The molecule has 0 aliphatic heterocycles. The van der Waals surface area contributed by atoms with Crippen molar-refractivity contribution in [3.05, 3.63) is 76.3 Å². The van der Waals surface area contributed by atoms with E-state index < -0.39 is 0 Å². The topological polar surface area (TPSA) is 64.4 Å². The monoisotopic (exact) mass is 492 g/mol. The van der Waals surface area contributed by atoms with Crippen LogP contribution in [0.4, 0.5) is 5.69 Å². The molecule has 164 valence electrons. The van der Waals surface area contributed by atoms with Crippen molar-refractivity contribution in [1.82, 2.24) is 4.98 Å². The number of hydrogen-bond donors (Lipinski definition) is 1. The van der Waals surface area contributed by atoms with Gasteiger partial charge in [0.25, 0.3) is 5.91 Å². The molecule has 6 heteroatoms. The van der Waals surface area contributed by atoms with Crippen LogP contribution >= 0.6 is 15.9 Å². The van der Waals surface area contributed by atoms with Gasteiger partial charge in [-0.3, -0.25) is 4.79 Å². The Morgan fingerprint density at radius 1 is 1.09 bits per heavy atom. The molecular formula is C26H25BrN2O3. The van der Waals surface area contributed by atoms with E-state index in [0.717, 1.165) is 40.4 Å². The number of benzene rings is 3. The predicted molar refractivity (Wildman–Crippen MR) is 131 cm³/mol. The molecule has 0 spiro atoms. The number of oxazole rings is 1.